The van der Waals surface area contributed by atoms with Crippen LogP contribution in [0.25, 0.3) is 0 Å². The van der Waals surface area contributed by atoms with E-state index in [0.717, 1.165) is 23.9 Å². The highest BCUT2D eigenvalue weighted by atomic mass is 32.2. The van der Waals surface area contributed by atoms with Gasteiger partial charge in [0.2, 0.25) is 5.91 Å². The van der Waals surface area contributed by atoms with Crippen LogP contribution in [0, 0.1) is 11.3 Å². The Morgan fingerprint density at radius 3 is 2.87 bits per heavy atom. The molecule has 1 amide bonds. The lowest BCUT2D eigenvalue weighted by Crippen LogP contribution is -2.45. The standard InChI is InChI=1S/C15H15F3N2O2S/c1-10-8-20(4-5-22-10)14(21)9-23-12-3-2-11(7-19)13(6-12)15(16,17)18/h2-3,6,10H,4-5,8-9H2,1H3/t10-/m1/s1. The van der Waals surface area contributed by atoms with E-state index < -0.39 is 17.3 Å². The molecule has 0 saturated carbocycles. The molecule has 2 rings (SSSR count). The summed E-state index contributed by atoms with van der Waals surface area (Å²) >= 11 is 1.03. The third kappa shape index (κ3) is 4.62. The predicted molar refractivity (Wildman–Crippen MR) is 78.9 cm³/mol. The monoisotopic (exact) mass is 344 g/mol. The smallest absolute Gasteiger partial charge is 0.375 e. The minimum Gasteiger partial charge on any atom is -0.375 e. The second-order valence-corrected chi connectivity index (χ2v) is 6.18. The van der Waals surface area contributed by atoms with E-state index in [-0.39, 0.29) is 17.8 Å². The number of hydrogen-bond donors (Lipinski definition) is 0. The molecule has 0 aliphatic carbocycles. The molecule has 0 aromatic heterocycles. The van der Waals surface area contributed by atoms with Crippen LogP contribution in [0.4, 0.5) is 13.2 Å². The maximum Gasteiger partial charge on any atom is 0.417 e. The zero-order valence-corrected chi connectivity index (χ0v) is 13.2. The van der Waals surface area contributed by atoms with E-state index in [1.54, 1.807) is 4.90 Å². The minimum absolute atomic E-state index is 0.0376. The molecular weight excluding hydrogens is 329 g/mol. The molecule has 1 fully saturated rings. The maximum absolute atomic E-state index is 12.9. The fourth-order valence-corrected chi connectivity index (χ4v) is 3.06. The molecule has 0 N–H and O–H groups in total. The fraction of sp³-hybridized carbons (Fsp3) is 0.467. The lowest BCUT2D eigenvalue weighted by Gasteiger charge is -2.31. The summed E-state index contributed by atoms with van der Waals surface area (Å²) in [5.41, 5.74) is -1.40. The number of morpholine rings is 1. The number of carbonyl (C=O) groups excluding carboxylic acids is 1. The van der Waals surface area contributed by atoms with Gasteiger partial charge in [0.15, 0.2) is 0 Å². The van der Waals surface area contributed by atoms with E-state index >= 15 is 0 Å². The van der Waals surface area contributed by atoms with Crippen LogP contribution in [0.2, 0.25) is 0 Å². The summed E-state index contributed by atoms with van der Waals surface area (Å²) in [7, 11) is 0. The van der Waals surface area contributed by atoms with Gasteiger partial charge in [-0.1, -0.05) is 0 Å². The number of rotatable bonds is 3. The summed E-state index contributed by atoms with van der Waals surface area (Å²) in [4.78, 5) is 14.1. The van der Waals surface area contributed by atoms with Crippen LogP contribution in [-0.2, 0) is 15.7 Å². The number of thioether (sulfide) groups is 1. The van der Waals surface area contributed by atoms with E-state index in [9.17, 15) is 18.0 Å². The van der Waals surface area contributed by atoms with Gasteiger partial charge in [-0.25, -0.2) is 0 Å². The van der Waals surface area contributed by atoms with E-state index in [1.807, 2.05) is 6.92 Å². The molecule has 4 nitrogen and oxygen atoms in total. The van der Waals surface area contributed by atoms with Gasteiger partial charge in [-0.15, -0.1) is 11.8 Å². The quantitative estimate of drug-likeness (QED) is 0.791. The highest BCUT2D eigenvalue weighted by Crippen LogP contribution is 2.34. The van der Waals surface area contributed by atoms with E-state index in [1.165, 1.54) is 12.1 Å². The molecule has 1 atom stereocenters. The Hall–Kier alpha value is -1.72. The van der Waals surface area contributed by atoms with Crippen LogP contribution in [0.1, 0.15) is 18.1 Å². The van der Waals surface area contributed by atoms with Crippen LogP contribution in [0.15, 0.2) is 23.1 Å². The minimum atomic E-state index is -4.59. The molecule has 23 heavy (non-hydrogen) atoms. The molecule has 1 aliphatic heterocycles. The second-order valence-electron chi connectivity index (χ2n) is 5.13. The summed E-state index contributed by atoms with van der Waals surface area (Å²) in [5, 5.41) is 8.76. The van der Waals surface area contributed by atoms with Crippen LogP contribution < -0.4 is 0 Å². The van der Waals surface area contributed by atoms with E-state index in [2.05, 4.69) is 0 Å². The molecule has 1 saturated heterocycles. The Labute approximate surface area is 136 Å². The molecule has 1 heterocycles. The topological polar surface area (TPSA) is 53.3 Å². The number of hydrogen-bond acceptors (Lipinski definition) is 4. The molecule has 124 valence electrons. The molecule has 1 aromatic carbocycles. The van der Waals surface area contributed by atoms with Gasteiger partial charge in [-0.3, -0.25) is 4.79 Å². The Balaban J connectivity index is 2.03. The zero-order chi connectivity index (χ0) is 17.0. The molecule has 0 spiro atoms. The van der Waals surface area contributed by atoms with Crippen LogP contribution in [0.5, 0.6) is 0 Å². The fourth-order valence-electron chi connectivity index (χ4n) is 2.23. The molecule has 8 heteroatoms. The van der Waals surface area contributed by atoms with Crippen molar-refractivity contribution < 1.29 is 22.7 Å². The average molecular weight is 344 g/mol. The van der Waals surface area contributed by atoms with Crippen molar-refractivity contribution in [3.63, 3.8) is 0 Å². The number of nitrogens with zero attached hydrogens (tertiary/aromatic N) is 2. The SMILES string of the molecule is C[C@@H]1CN(C(=O)CSc2ccc(C#N)c(C(F)(F)F)c2)CCO1. The van der Waals surface area contributed by atoms with Crippen molar-refractivity contribution in [2.75, 3.05) is 25.4 Å². The van der Waals surface area contributed by atoms with Gasteiger partial charge in [0.25, 0.3) is 0 Å². The Morgan fingerprint density at radius 1 is 1.52 bits per heavy atom. The molecule has 1 aromatic rings. The van der Waals surface area contributed by atoms with Gasteiger partial charge in [-0.05, 0) is 25.1 Å². The van der Waals surface area contributed by atoms with Gasteiger partial charge in [-0.2, -0.15) is 18.4 Å². The number of halogens is 3. The van der Waals surface area contributed by atoms with Gasteiger partial charge < -0.3 is 9.64 Å². The third-order valence-corrected chi connectivity index (χ3v) is 4.35. The van der Waals surface area contributed by atoms with Crippen molar-refractivity contribution >= 4 is 17.7 Å². The molecular formula is C15H15F3N2O2S. The third-order valence-electron chi connectivity index (χ3n) is 3.37. The Morgan fingerprint density at radius 2 is 2.26 bits per heavy atom. The summed E-state index contributed by atoms with van der Waals surface area (Å²) < 4.78 is 44.0. The van der Waals surface area contributed by atoms with Crippen molar-refractivity contribution in [1.82, 2.24) is 4.90 Å². The Bertz CT molecular complexity index is 628. The van der Waals surface area contributed by atoms with Crippen LogP contribution in [0.3, 0.4) is 0 Å². The van der Waals surface area contributed by atoms with Gasteiger partial charge in [0, 0.05) is 18.0 Å². The van der Waals surface area contributed by atoms with Crippen molar-refractivity contribution in [2.24, 2.45) is 0 Å². The molecule has 0 unspecified atom stereocenters. The largest absolute Gasteiger partial charge is 0.417 e. The average Bonchev–Trinajstić information content (AvgIpc) is 2.51. The molecule has 1 aliphatic rings. The van der Waals surface area contributed by atoms with Crippen molar-refractivity contribution in [3.05, 3.63) is 29.3 Å². The number of benzene rings is 1. The number of nitriles is 1. The summed E-state index contributed by atoms with van der Waals surface area (Å²) in [6.45, 7) is 3.31. The summed E-state index contributed by atoms with van der Waals surface area (Å²) in [6.07, 6.45) is -4.63. The van der Waals surface area contributed by atoms with Crippen molar-refractivity contribution in [1.29, 1.82) is 5.26 Å². The highest BCUT2D eigenvalue weighted by molar-refractivity contribution is 8.00. The zero-order valence-electron chi connectivity index (χ0n) is 12.4. The Kier molecular flexibility index (Phi) is 5.55. The van der Waals surface area contributed by atoms with Crippen molar-refractivity contribution in [2.45, 2.75) is 24.1 Å². The number of ether oxygens (including phenoxy) is 1. The normalized spacial score (nSPS) is 18.6. The van der Waals surface area contributed by atoms with Crippen molar-refractivity contribution in [3.8, 4) is 6.07 Å². The predicted octanol–water partition coefficient (Wildman–Crippen LogP) is 2.92. The van der Waals surface area contributed by atoms with Gasteiger partial charge in [0.05, 0.1) is 35.7 Å². The first kappa shape index (κ1) is 17.6. The molecule has 0 bridgehead atoms. The first-order chi connectivity index (χ1) is 10.8. The number of amides is 1. The number of carbonyl (C=O) groups is 1. The van der Waals surface area contributed by atoms with Crippen LogP contribution >= 0.6 is 11.8 Å². The summed E-state index contributed by atoms with van der Waals surface area (Å²) in [5.74, 6) is -0.0845. The lowest BCUT2D eigenvalue weighted by atomic mass is 10.1. The first-order valence-electron chi connectivity index (χ1n) is 6.95. The summed E-state index contributed by atoms with van der Waals surface area (Å²) in [6, 6.07) is 5.00. The molecule has 0 radical (unpaired) electrons. The van der Waals surface area contributed by atoms with E-state index in [0.29, 0.717) is 24.6 Å². The van der Waals surface area contributed by atoms with E-state index in [4.69, 9.17) is 10.00 Å². The second kappa shape index (κ2) is 7.23. The van der Waals surface area contributed by atoms with Crippen LogP contribution in [-0.4, -0.2) is 42.4 Å². The lowest BCUT2D eigenvalue weighted by molar-refractivity contribution is -0.138. The van der Waals surface area contributed by atoms with Gasteiger partial charge >= 0.3 is 6.18 Å². The number of alkyl halides is 3. The first-order valence-corrected chi connectivity index (χ1v) is 7.93. The maximum atomic E-state index is 12.9. The highest BCUT2D eigenvalue weighted by Gasteiger charge is 2.34. The van der Waals surface area contributed by atoms with Gasteiger partial charge in [0.1, 0.15) is 0 Å².